The van der Waals surface area contributed by atoms with Gasteiger partial charge in [0.1, 0.15) is 5.82 Å². The fraction of sp³-hybridized carbons (Fsp3) is 0.515. The van der Waals surface area contributed by atoms with E-state index < -0.39 is 0 Å². The zero-order valence-electron chi connectivity index (χ0n) is 24.5. The molecule has 4 heterocycles. The van der Waals surface area contributed by atoms with Crippen molar-refractivity contribution in [1.82, 2.24) is 25.1 Å². The maximum atomic E-state index is 5.50. The number of nitrogens with one attached hydrogen (secondary N) is 2. The molecule has 8 heteroatoms. The third kappa shape index (κ3) is 7.43. The van der Waals surface area contributed by atoms with Crippen LogP contribution in [0, 0.1) is 0 Å². The molecular formula is C33H45N7O. The summed E-state index contributed by atoms with van der Waals surface area (Å²) in [6, 6.07) is 20.2. The van der Waals surface area contributed by atoms with Crippen molar-refractivity contribution in [2.24, 2.45) is 0 Å². The third-order valence-corrected chi connectivity index (χ3v) is 8.68. The molecule has 3 aliphatic heterocycles. The zero-order valence-corrected chi connectivity index (χ0v) is 24.5. The van der Waals surface area contributed by atoms with E-state index in [1.165, 1.54) is 22.5 Å². The summed E-state index contributed by atoms with van der Waals surface area (Å²) < 4.78 is 5.50. The van der Waals surface area contributed by atoms with Crippen LogP contribution < -0.4 is 15.5 Å². The van der Waals surface area contributed by atoms with Crippen LogP contribution in [0.5, 0.6) is 0 Å². The fourth-order valence-electron chi connectivity index (χ4n) is 6.11. The van der Waals surface area contributed by atoms with Crippen molar-refractivity contribution >= 4 is 11.5 Å². The van der Waals surface area contributed by atoms with Crippen LogP contribution in [0.25, 0.3) is 11.4 Å². The van der Waals surface area contributed by atoms with E-state index in [4.69, 9.17) is 14.7 Å². The maximum Gasteiger partial charge on any atom is 0.161 e. The largest absolute Gasteiger partial charge is 0.381 e. The normalized spacial score (nSPS) is 18.8. The number of nitrogens with zero attached hydrogens (tertiary/aromatic N) is 5. The Labute approximate surface area is 245 Å². The van der Waals surface area contributed by atoms with Gasteiger partial charge in [-0.05, 0) is 62.7 Å². The van der Waals surface area contributed by atoms with Gasteiger partial charge in [-0.2, -0.15) is 0 Å². The number of rotatable bonds is 10. The predicted octanol–water partition coefficient (Wildman–Crippen LogP) is 4.02. The van der Waals surface area contributed by atoms with Crippen molar-refractivity contribution in [2.45, 2.75) is 44.8 Å². The van der Waals surface area contributed by atoms with Crippen molar-refractivity contribution in [3.8, 4) is 11.4 Å². The first-order chi connectivity index (χ1) is 20.2. The maximum absolute atomic E-state index is 5.50. The summed E-state index contributed by atoms with van der Waals surface area (Å²) in [6.45, 7) is 10.8. The molecule has 0 atom stereocenters. The molecule has 3 aliphatic rings. The van der Waals surface area contributed by atoms with Crippen molar-refractivity contribution in [3.63, 3.8) is 0 Å². The second-order valence-electron chi connectivity index (χ2n) is 11.7. The Morgan fingerprint density at radius 2 is 1.66 bits per heavy atom. The van der Waals surface area contributed by atoms with Gasteiger partial charge in [0.2, 0.25) is 0 Å². The molecule has 2 fully saturated rings. The Balaban J connectivity index is 1.16. The molecule has 6 rings (SSSR count). The summed E-state index contributed by atoms with van der Waals surface area (Å²) in [6.07, 6.45) is 4.22. The number of fused-ring (bicyclic) bond motifs is 1. The van der Waals surface area contributed by atoms with Gasteiger partial charge in [0.15, 0.2) is 5.82 Å². The summed E-state index contributed by atoms with van der Waals surface area (Å²) in [7, 11) is 2.20. The summed E-state index contributed by atoms with van der Waals surface area (Å²) in [5.41, 5.74) is 6.16. The molecule has 0 radical (unpaired) electrons. The van der Waals surface area contributed by atoms with Gasteiger partial charge in [-0.25, -0.2) is 9.97 Å². The van der Waals surface area contributed by atoms with Crippen LogP contribution >= 0.6 is 0 Å². The molecule has 8 nitrogen and oxygen atoms in total. The lowest BCUT2D eigenvalue weighted by Crippen LogP contribution is -2.44. The number of hydrogen-bond acceptors (Lipinski definition) is 8. The number of aromatic nitrogens is 2. The van der Waals surface area contributed by atoms with Crippen molar-refractivity contribution in [2.75, 3.05) is 76.3 Å². The summed E-state index contributed by atoms with van der Waals surface area (Å²) in [5, 5.41) is 7.43. The van der Waals surface area contributed by atoms with Crippen molar-refractivity contribution in [1.29, 1.82) is 0 Å². The van der Waals surface area contributed by atoms with Gasteiger partial charge in [-0.3, -0.25) is 4.90 Å². The number of benzene rings is 2. The van der Waals surface area contributed by atoms with E-state index in [2.05, 4.69) is 87.0 Å². The average Bonchev–Trinajstić information content (AvgIpc) is 3.02. The average molecular weight is 556 g/mol. The standard InChI is InChI=1S/C33H45N7O/c1-38-18-20-40(21-19-38)29-10-8-27(9-11-29)32-36-31-12-17-39(24-26-6-3-2-4-7-26)25-30(31)33(37-32)35-16-5-15-34-28-13-22-41-23-14-28/h2-4,6-11,28,34H,5,12-25H2,1H3,(H,35,36,37). The lowest BCUT2D eigenvalue weighted by atomic mass is 10.0. The summed E-state index contributed by atoms with van der Waals surface area (Å²) in [4.78, 5) is 17.6. The molecule has 2 N–H and O–H groups in total. The molecule has 0 aliphatic carbocycles. The fourth-order valence-corrected chi connectivity index (χ4v) is 6.11. The molecular weight excluding hydrogens is 510 g/mol. The molecule has 3 aromatic rings. The minimum atomic E-state index is 0.586. The van der Waals surface area contributed by atoms with E-state index in [-0.39, 0.29) is 0 Å². The van der Waals surface area contributed by atoms with E-state index in [0.29, 0.717) is 6.04 Å². The number of likely N-dealkylation sites (N-methyl/N-ethyl adjacent to an activating group) is 1. The number of hydrogen-bond donors (Lipinski definition) is 2. The lowest BCUT2D eigenvalue weighted by Gasteiger charge is -2.34. The summed E-state index contributed by atoms with van der Waals surface area (Å²) >= 11 is 0. The van der Waals surface area contributed by atoms with Crippen LogP contribution in [0.15, 0.2) is 54.6 Å². The van der Waals surface area contributed by atoms with Gasteiger partial charge < -0.3 is 25.2 Å². The van der Waals surface area contributed by atoms with E-state index in [1.807, 2.05) is 0 Å². The Kier molecular flexibility index (Phi) is 9.42. The van der Waals surface area contributed by atoms with Crippen LogP contribution in [0.2, 0.25) is 0 Å². The van der Waals surface area contributed by atoms with Crippen LogP contribution in [0.4, 0.5) is 11.5 Å². The second-order valence-corrected chi connectivity index (χ2v) is 11.7. The smallest absolute Gasteiger partial charge is 0.161 e. The monoisotopic (exact) mass is 555 g/mol. The Hall–Kier alpha value is -3.04. The molecule has 0 unspecified atom stereocenters. The Bertz CT molecular complexity index is 1240. The molecule has 0 spiro atoms. The van der Waals surface area contributed by atoms with Gasteiger partial charge in [-0.15, -0.1) is 0 Å². The molecule has 2 saturated heterocycles. The predicted molar refractivity (Wildman–Crippen MR) is 166 cm³/mol. The van der Waals surface area contributed by atoms with Gasteiger partial charge in [0, 0.05) is 94.8 Å². The quantitative estimate of drug-likeness (QED) is 0.364. The third-order valence-electron chi connectivity index (χ3n) is 8.68. The highest BCUT2D eigenvalue weighted by Crippen LogP contribution is 2.29. The van der Waals surface area contributed by atoms with Crippen LogP contribution in [0.1, 0.15) is 36.1 Å². The summed E-state index contributed by atoms with van der Waals surface area (Å²) in [5.74, 6) is 1.82. The van der Waals surface area contributed by atoms with E-state index in [0.717, 1.165) is 115 Å². The molecule has 0 amide bonds. The first-order valence-electron chi connectivity index (χ1n) is 15.5. The second kappa shape index (κ2) is 13.7. The van der Waals surface area contributed by atoms with E-state index in [9.17, 15) is 0 Å². The van der Waals surface area contributed by atoms with Gasteiger partial charge in [0.05, 0.1) is 5.69 Å². The van der Waals surface area contributed by atoms with Crippen LogP contribution in [-0.2, 0) is 24.2 Å². The molecule has 1 aromatic heterocycles. The Morgan fingerprint density at radius 3 is 2.44 bits per heavy atom. The first kappa shape index (κ1) is 28.1. The minimum absolute atomic E-state index is 0.586. The minimum Gasteiger partial charge on any atom is -0.381 e. The lowest BCUT2D eigenvalue weighted by molar-refractivity contribution is 0.0781. The van der Waals surface area contributed by atoms with Gasteiger partial charge in [0.25, 0.3) is 0 Å². The highest BCUT2D eigenvalue weighted by atomic mass is 16.5. The number of ether oxygens (including phenoxy) is 1. The number of piperazine rings is 1. The van der Waals surface area contributed by atoms with E-state index >= 15 is 0 Å². The first-order valence-corrected chi connectivity index (χ1v) is 15.5. The highest BCUT2D eigenvalue weighted by molar-refractivity contribution is 5.63. The topological polar surface area (TPSA) is 68.8 Å². The van der Waals surface area contributed by atoms with E-state index in [1.54, 1.807) is 0 Å². The highest BCUT2D eigenvalue weighted by Gasteiger charge is 2.23. The SMILES string of the molecule is CN1CCN(c2ccc(-c3nc4c(c(NCCCNC5CCOCC5)n3)CN(Cc3ccccc3)CC4)cc2)CC1. The van der Waals surface area contributed by atoms with Gasteiger partial charge >= 0.3 is 0 Å². The van der Waals surface area contributed by atoms with Crippen molar-refractivity contribution < 1.29 is 4.74 Å². The molecule has 41 heavy (non-hydrogen) atoms. The number of anilines is 2. The molecule has 218 valence electrons. The molecule has 2 aromatic carbocycles. The zero-order chi connectivity index (χ0) is 27.9. The molecule has 0 bridgehead atoms. The van der Waals surface area contributed by atoms with Crippen molar-refractivity contribution in [3.05, 3.63) is 71.4 Å². The Morgan fingerprint density at radius 1 is 0.878 bits per heavy atom. The van der Waals surface area contributed by atoms with Crippen LogP contribution in [0.3, 0.4) is 0 Å². The van der Waals surface area contributed by atoms with Crippen LogP contribution in [-0.4, -0.2) is 91.9 Å². The molecule has 0 saturated carbocycles. The van der Waals surface area contributed by atoms with Gasteiger partial charge in [-0.1, -0.05) is 30.3 Å².